The molecule has 0 aromatic carbocycles. The van der Waals surface area contributed by atoms with Crippen LogP contribution in [0.4, 0.5) is 0 Å². The van der Waals surface area contributed by atoms with Crippen molar-refractivity contribution in [2.45, 2.75) is 31.4 Å². The number of Topliss-reactive ketones (excluding diaryl/α,β-unsaturated/α-hetero) is 1. The minimum Gasteiger partial charge on any atom is -0.295 e. The monoisotopic (exact) mass is 156 g/mol. The summed E-state index contributed by atoms with van der Waals surface area (Å²) in [5, 5.41) is 0.298. The Kier molecular flexibility index (Phi) is 2.55. The number of thiol groups is 1. The fourth-order valence-corrected chi connectivity index (χ4v) is 1.54. The van der Waals surface area contributed by atoms with Crippen LogP contribution in [0.2, 0.25) is 0 Å². The SMILES string of the molecule is CC1=CC(S)CCCC1=O. The van der Waals surface area contributed by atoms with Crippen molar-refractivity contribution in [3.05, 3.63) is 11.6 Å². The van der Waals surface area contributed by atoms with Gasteiger partial charge in [-0.1, -0.05) is 6.08 Å². The van der Waals surface area contributed by atoms with Gasteiger partial charge in [-0.25, -0.2) is 0 Å². The number of ketones is 1. The predicted molar refractivity (Wildman–Crippen MR) is 45.4 cm³/mol. The lowest BCUT2D eigenvalue weighted by molar-refractivity contribution is -0.115. The molecule has 10 heavy (non-hydrogen) atoms. The smallest absolute Gasteiger partial charge is 0.158 e. The van der Waals surface area contributed by atoms with Crippen LogP contribution < -0.4 is 0 Å². The van der Waals surface area contributed by atoms with E-state index in [1.165, 1.54) is 0 Å². The first kappa shape index (κ1) is 7.86. The molecule has 0 fully saturated rings. The average Bonchev–Trinajstić information content (AvgIpc) is 1.96. The van der Waals surface area contributed by atoms with E-state index in [4.69, 9.17) is 0 Å². The van der Waals surface area contributed by atoms with Crippen LogP contribution in [0.3, 0.4) is 0 Å². The number of carbonyl (C=O) groups excluding carboxylic acids is 1. The average molecular weight is 156 g/mol. The summed E-state index contributed by atoms with van der Waals surface area (Å²) < 4.78 is 0. The molecular formula is C8H12OS. The van der Waals surface area contributed by atoms with E-state index in [-0.39, 0.29) is 5.78 Å². The second-order valence-corrected chi connectivity index (χ2v) is 3.40. The van der Waals surface area contributed by atoms with Crippen molar-refractivity contribution >= 4 is 18.4 Å². The molecule has 56 valence electrons. The van der Waals surface area contributed by atoms with E-state index in [0.29, 0.717) is 11.7 Å². The first-order valence-electron chi connectivity index (χ1n) is 3.60. The third-order valence-corrected chi connectivity index (χ3v) is 2.19. The summed E-state index contributed by atoms with van der Waals surface area (Å²) in [6.07, 6.45) is 4.69. The van der Waals surface area contributed by atoms with Gasteiger partial charge in [0.1, 0.15) is 0 Å². The van der Waals surface area contributed by atoms with Gasteiger partial charge in [-0.3, -0.25) is 4.79 Å². The molecule has 2 heteroatoms. The molecule has 0 spiro atoms. The first-order chi connectivity index (χ1) is 4.70. The lowest BCUT2D eigenvalue weighted by atomic mass is 10.1. The van der Waals surface area contributed by atoms with Crippen molar-refractivity contribution in [2.75, 3.05) is 0 Å². The molecule has 0 N–H and O–H groups in total. The topological polar surface area (TPSA) is 17.1 Å². The van der Waals surface area contributed by atoms with Gasteiger partial charge in [0, 0.05) is 11.7 Å². The second-order valence-electron chi connectivity index (χ2n) is 2.73. The molecule has 1 aliphatic carbocycles. The van der Waals surface area contributed by atoms with Gasteiger partial charge >= 0.3 is 0 Å². The minimum atomic E-state index is 0.288. The van der Waals surface area contributed by atoms with Crippen LogP contribution in [-0.4, -0.2) is 11.0 Å². The van der Waals surface area contributed by atoms with Crippen molar-refractivity contribution < 1.29 is 4.79 Å². The number of hydrogen-bond donors (Lipinski definition) is 1. The van der Waals surface area contributed by atoms with Gasteiger partial charge in [0.25, 0.3) is 0 Å². The molecular weight excluding hydrogens is 144 g/mol. The maximum absolute atomic E-state index is 11.1. The number of hydrogen-bond acceptors (Lipinski definition) is 2. The zero-order chi connectivity index (χ0) is 7.56. The molecule has 0 heterocycles. The summed E-state index contributed by atoms with van der Waals surface area (Å²) in [6, 6.07) is 0. The summed E-state index contributed by atoms with van der Waals surface area (Å²) in [5.41, 5.74) is 0.887. The normalized spacial score (nSPS) is 27.6. The Labute approximate surface area is 66.9 Å². The summed E-state index contributed by atoms with van der Waals surface area (Å²) in [4.78, 5) is 11.1. The highest BCUT2D eigenvalue weighted by Crippen LogP contribution is 2.17. The maximum Gasteiger partial charge on any atom is 0.158 e. The summed E-state index contributed by atoms with van der Waals surface area (Å²) in [7, 11) is 0. The Morgan fingerprint density at radius 3 is 3.10 bits per heavy atom. The molecule has 0 saturated carbocycles. The van der Waals surface area contributed by atoms with E-state index in [1.54, 1.807) is 0 Å². The highest BCUT2D eigenvalue weighted by molar-refractivity contribution is 7.81. The van der Waals surface area contributed by atoms with Gasteiger partial charge < -0.3 is 0 Å². The van der Waals surface area contributed by atoms with Crippen molar-refractivity contribution in [2.24, 2.45) is 0 Å². The second kappa shape index (κ2) is 3.24. The molecule has 1 aliphatic rings. The lowest BCUT2D eigenvalue weighted by Gasteiger charge is -1.98. The lowest BCUT2D eigenvalue weighted by Crippen LogP contribution is -1.96. The standard InChI is InChI=1S/C8H12OS/c1-6-5-7(10)3-2-4-8(6)9/h5,7,10H,2-4H2,1H3. The van der Waals surface area contributed by atoms with Crippen molar-refractivity contribution in [1.82, 2.24) is 0 Å². The molecule has 0 aromatic heterocycles. The van der Waals surface area contributed by atoms with Gasteiger partial charge in [-0.05, 0) is 25.3 Å². The Morgan fingerprint density at radius 2 is 2.40 bits per heavy atom. The molecule has 0 bridgehead atoms. The van der Waals surface area contributed by atoms with E-state index in [0.717, 1.165) is 18.4 Å². The fourth-order valence-electron chi connectivity index (χ4n) is 1.13. The van der Waals surface area contributed by atoms with Gasteiger partial charge in [0.15, 0.2) is 5.78 Å². The summed E-state index contributed by atoms with van der Waals surface area (Å²) >= 11 is 4.30. The number of allylic oxidation sites excluding steroid dienone is 1. The molecule has 1 atom stereocenters. The van der Waals surface area contributed by atoms with Gasteiger partial charge in [0.2, 0.25) is 0 Å². The van der Waals surface area contributed by atoms with Gasteiger partial charge in [0.05, 0.1) is 0 Å². The van der Waals surface area contributed by atoms with Crippen LogP contribution in [-0.2, 0) is 4.79 Å². The molecule has 1 rings (SSSR count). The number of rotatable bonds is 0. The fraction of sp³-hybridized carbons (Fsp3) is 0.625. The molecule has 1 unspecified atom stereocenters. The quantitative estimate of drug-likeness (QED) is 0.531. The Hall–Kier alpha value is -0.240. The maximum atomic E-state index is 11.1. The van der Waals surface area contributed by atoms with Gasteiger partial charge in [-0.15, -0.1) is 0 Å². The third-order valence-electron chi connectivity index (χ3n) is 1.79. The molecule has 1 nitrogen and oxygen atoms in total. The van der Waals surface area contributed by atoms with Crippen LogP contribution in [0, 0.1) is 0 Å². The summed E-state index contributed by atoms with van der Waals surface area (Å²) in [5.74, 6) is 0.288. The van der Waals surface area contributed by atoms with Crippen molar-refractivity contribution in [1.29, 1.82) is 0 Å². The van der Waals surface area contributed by atoms with Crippen LogP contribution in [0.1, 0.15) is 26.2 Å². The molecule has 0 amide bonds. The van der Waals surface area contributed by atoms with E-state index >= 15 is 0 Å². The Morgan fingerprint density at radius 1 is 1.70 bits per heavy atom. The molecule has 0 saturated heterocycles. The van der Waals surface area contributed by atoms with Crippen LogP contribution in [0.15, 0.2) is 11.6 Å². The predicted octanol–water partition coefficient (Wildman–Crippen LogP) is 1.98. The minimum absolute atomic E-state index is 0.288. The molecule has 0 radical (unpaired) electrons. The highest BCUT2D eigenvalue weighted by atomic mass is 32.1. The zero-order valence-corrected chi connectivity index (χ0v) is 7.03. The summed E-state index contributed by atoms with van der Waals surface area (Å²) in [6.45, 7) is 1.87. The molecule has 0 aliphatic heterocycles. The van der Waals surface area contributed by atoms with Crippen molar-refractivity contribution in [3.8, 4) is 0 Å². The highest BCUT2D eigenvalue weighted by Gasteiger charge is 2.11. The Bertz CT molecular complexity index is 172. The van der Waals surface area contributed by atoms with E-state index in [2.05, 4.69) is 12.6 Å². The van der Waals surface area contributed by atoms with Gasteiger partial charge in [-0.2, -0.15) is 12.6 Å². The third kappa shape index (κ3) is 1.87. The largest absolute Gasteiger partial charge is 0.295 e. The number of carbonyl (C=O) groups is 1. The van der Waals surface area contributed by atoms with Crippen LogP contribution in [0.25, 0.3) is 0 Å². The van der Waals surface area contributed by atoms with E-state index in [9.17, 15) is 4.79 Å². The first-order valence-corrected chi connectivity index (χ1v) is 4.11. The van der Waals surface area contributed by atoms with E-state index < -0.39 is 0 Å². The van der Waals surface area contributed by atoms with E-state index in [1.807, 2.05) is 13.0 Å². The molecule has 0 aromatic rings. The zero-order valence-electron chi connectivity index (χ0n) is 6.13. The van der Waals surface area contributed by atoms with Crippen LogP contribution in [0.5, 0.6) is 0 Å². The van der Waals surface area contributed by atoms with Crippen LogP contribution >= 0.6 is 12.6 Å². The van der Waals surface area contributed by atoms with Crippen molar-refractivity contribution in [3.63, 3.8) is 0 Å². The Balaban J connectivity index is 2.70.